The van der Waals surface area contributed by atoms with E-state index in [2.05, 4.69) is 340 Å². The highest BCUT2D eigenvalue weighted by Crippen LogP contribution is 2.39. The molecule has 0 spiro atoms. The normalized spacial score (nSPS) is 11.1. The van der Waals surface area contributed by atoms with E-state index in [0.717, 1.165) is 190 Å². The van der Waals surface area contributed by atoms with Gasteiger partial charge in [-0.1, -0.05) is 382 Å². The zero-order chi connectivity index (χ0) is 85.3. The molecule has 10 heteroatoms. The molecule has 22 rings (SSSR count). The van der Waals surface area contributed by atoms with Crippen LogP contribution in [0.2, 0.25) is 0 Å². The number of hydrogen-bond donors (Lipinski definition) is 0. The van der Waals surface area contributed by atoms with E-state index in [0.29, 0.717) is 11.6 Å². The van der Waals surface area contributed by atoms with Gasteiger partial charge in [-0.05, 0) is 155 Å². The van der Waals surface area contributed by atoms with Gasteiger partial charge in [0.05, 0.1) is 68.3 Å². The van der Waals surface area contributed by atoms with E-state index >= 15 is 0 Å². The lowest BCUT2D eigenvalue weighted by Gasteiger charge is -2.11. The first-order chi connectivity index (χ1) is 63.3. The van der Waals surface area contributed by atoms with E-state index in [4.69, 9.17) is 49.8 Å². The summed E-state index contributed by atoms with van der Waals surface area (Å²) in [5, 5.41) is 4.62. The minimum Gasteiger partial charge on any atom is -0.254 e. The molecule has 0 aliphatic rings. The number of nitrogens with zero attached hydrogens (tertiary/aromatic N) is 10. The molecule has 0 atom stereocenters. The summed E-state index contributed by atoms with van der Waals surface area (Å²) in [6, 6.07) is 155. The highest BCUT2D eigenvalue weighted by atomic mass is 14.9. The smallest absolute Gasteiger partial charge is 0.160 e. The van der Waals surface area contributed by atoms with Gasteiger partial charge < -0.3 is 0 Å². The van der Waals surface area contributed by atoms with Crippen molar-refractivity contribution in [2.75, 3.05) is 0 Å². The molecule has 10 nitrogen and oxygen atoms in total. The topological polar surface area (TPSA) is 129 Å². The van der Waals surface area contributed by atoms with Gasteiger partial charge in [-0.25, -0.2) is 29.9 Å². The average Bonchev–Trinajstić information content (AvgIpc) is 0.824. The molecule has 0 unspecified atom stereocenters. The number of rotatable bonds is 18. The molecule has 0 N–H and O–H groups in total. The molecule has 600 valence electrons. The summed E-state index contributed by atoms with van der Waals surface area (Å²) in [7, 11) is 0. The van der Waals surface area contributed by atoms with E-state index < -0.39 is 0 Å². The van der Waals surface area contributed by atoms with Crippen LogP contribution in [0.4, 0.5) is 0 Å². The fourth-order valence-corrected chi connectivity index (χ4v) is 16.3. The number of hydrogen-bond acceptors (Lipinski definition) is 10. The van der Waals surface area contributed by atoms with Crippen molar-refractivity contribution >= 4 is 21.5 Å². The highest BCUT2D eigenvalue weighted by molar-refractivity contribution is 5.91. The molecule has 0 aliphatic carbocycles. The molecule has 128 heavy (non-hydrogen) atoms. The summed E-state index contributed by atoms with van der Waals surface area (Å²) < 4.78 is 0. The van der Waals surface area contributed by atoms with Gasteiger partial charge in [0, 0.05) is 80.2 Å². The Kier molecular flexibility index (Phi) is 21.7. The van der Waals surface area contributed by atoms with Gasteiger partial charge in [0.15, 0.2) is 11.6 Å². The minimum absolute atomic E-state index is 0.692. The van der Waals surface area contributed by atoms with Crippen LogP contribution in [-0.4, -0.2) is 49.8 Å². The summed E-state index contributed by atoms with van der Waals surface area (Å²) in [5.74, 6) is 1.39. The molecule has 22 aromatic rings. The Hall–Kier alpha value is -17.3. The lowest BCUT2D eigenvalue weighted by atomic mass is 9.98. The SMILES string of the molecule is c1ccc(-c2cc(-c3ccccc3)nc(-c3ccc(-c4ccc(-c5ccc(-c6cc(-c7ccc8ccccc8c7)cc(-c7cc8ccccc8cn7)n6)nc5)cc4)cc3)n2)cc1.c1ccc(-c2ccc(-c3cc(-c4ccc(-c5ccccc5)cn4)nc(-c4ccc(-c5ccc(-c6ccc(-c7nc(-c8ccccc8)cc(-c8ccccc8)n7)cc6)cc5)cn4)c3)cc2)cc1. The van der Waals surface area contributed by atoms with Crippen molar-refractivity contribution in [1.29, 1.82) is 0 Å². The standard InChI is InChI=1S/C61H41N5.C57H37N5/c1-5-13-42(14-6-1)44-23-27-48(28-24-44)54-37-59(55-35-33-52(40-62-55)43-15-7-2-8-16-43)64-60(38-54)56-36-34-53(41-63-56)47-25-21-45(22-26-47)46-29-31-51(32-30-46)61-65-57(49-17-9-3-10-18-49)39-58(66-61)50-19-11-4-12-20-50;1-3-12-42(13-4-1)52-35-53(43-14-5-2-6-15-43)62-57(61-52)44-26-23-40(24-27-44)39-19-21-41(22-20-39)49-29-30-51(58-37-49)55-33-50(47-28-25-38-11-7-8-16-45(38)31-47)34-56(60-55)54-32-46-17-9-10-18-48(46)36-59-54/h1-41H;1-37H. The third-order valence-electron chi connectivity index (χ3n) is 23.3. The predicted molar refractivity (Wildman–Crippen MR) is 524 cm³/mol. The van der Waals surface area contributed by atoms with Crippen LogP contribution >= 0.6 is 0 Å². The lowest BCUT2D eigenvalue weighted by Crippen LogP contribution is -1.96. The molecule has 8 heterocycles. The van der Waals surface area contributed by atoms with Crippen LogP contribution in [0.3, 0.4) is 0 Å². The van der Waals surface area contributed by atoms with Crippen molar-refractivity contribution in [3.05, 3.63) is 474 Å². The van der Waals surface area contributed by atoms with Gasteiger partial charge in [-0.3, -0.25) is 19.9 Å². The quantitative estimate of drug-likeness (QED) is 0.0819. The van der Waals surface area contributed by atoms with E-state index in [9.17, 15) is 0 Å². The van der Waals surface area contributed by atoms with E-state index in [-0.39, 0.29) is 0 Å². The number of benzene rings is 14. The second kappa shape index (κ2) is 35.6. The first-order valence-corrected chi connectivity index (χ1v) is 42.8. The van der Waals surface area contributed by atoms with Crippen LogP contribution in [0, 0.1) is 0 Å². The van der Waals surface area contributed by atoms with Crippen LogP contribution in [0.15, 0.2) is 474 Å². The van der Waals surface area contributed by atoms with Crippen LogP contribution < -0.4 is 0 Å². The number of aromatic nitrogens is 10. The first kappa shape index (κ1) is 77.9. The molecule has 0 radical (unpaired) electrons. The number of pyridine rings is 6. The molecule has 0 saturated heterocycles. The van der Waals surface area contributed by atoms with Crippen molar-refractivity contribution < 1.29 is 0 Å². The van der Waals surface area contributed by atoms with Crippen molar-refractivity contribution in [3.8, 4) is 202 Å². The first-order valence-electron chi connectivity index (χ1n) is 42.8. The maximum absolute atomic E-state index is 5.14. The molecule has 8 aromatic heterocycles. The third-order valence-corrected chi connectivity index (χ3v) is 23.3. The summed E-state index contributed by atoms with van der Waals surface area (Å²) in [4.78, 5) is 50.0. The lowest BCUT2D eigenvalue weighted by molar-refractivity contribution is 1.18. The van der Waals surface area contributed by atoms with Crippen molar-refractivity contribution in [2.45, 2.75) is 0 Å². The summed E-state index contributed by atoms with van der Waals surface area (Å²) in [5.41, 5.74) is 33.6. The summed E-state index contributed by atoms with van der Waals surface area (Å²) >= 11 is 0. The van der Waals surface area contributed by atoms with Gasteiger partial charge in [-0.2, -0.15) is 0 Å². The molecule has 0 aliphatic heterocycles. The Bertz CT molecular complexity index is 7360. The molecule has 0 saturated carbocycles. The minimum atomic E-state index is 0.692. The number of fused-ring (bicyclic) bond motifs is 2. The third kappa shape index (κ3) is 17.2. The second-order valence-corrected chi connectivity index (χ2v) is 31.5. The summed E-state index contributed by atoms with van der Waals surface area (Å²) in [6.07, 6.45) is 7.71. The van der Waals surface area contributed by atoms with Gasteiger partial charge in [0.1, 0.15) is 0 Å². The van der Waals surface area contributed by atoms with E-state index in [1.807, 2.05) is 134 Å². The zero-order valence-corrected chi connectivity index (χ0v) is 69.5. The fraction of sp³-hybridized carbons (Fsp3) is 0. The van der Waals surface area contributed by atoms with E-state index in [1.165, 1.54) is 21.9 Å². The second-order valence-electron chi connectivity index (χ2n) is 31.5. The molecular weight excluding hydrogens is 1560 g/mol. The largest absolute Gasteiger partial charge is 0.254 e. The van der Waals surface area contributed by atoms with Crippen LogP contribution in [0.5, 0.6) is 0 Å². The Morgan fingerprint density at radius 3 is 0.672 bits per heavy atom. The van der Waals surface area contributed by atoms with Crippen molar-refractivity contribution in [2.24, 2.45) is 0 Å². The Morgan fingerprint density at radius 2 is 0.336 bits per heavy atom. The summed E-state index contributed by atoms with van der Waals surface area (Å²) in [6.45, 7) is 0. The zero-order valence-electron chi connectivity index (χ0n) is 69.5. The van der Waals surface area contributed by atoms with Gasteiger partial charge in [0.25, 0.3) is 0 Å². The van der Waals surface area contributed by atoms with Crippen LogP contribution in [0.25, 0.3) is 224 Å². The maximum Gasteiger partial charge on any atom is 0.160 e. The molecule has 0 fully saturated rings. The highest BCUT2D eigenvalue weighted by Gasteiger charge is 2.19. The predicted octanol–water partition coefficient (Wildman–Crippen LogP) is 29.6. The molecule has 14 aromatic carbocycles. The maximum atomic E-state index is 5.14. The van der Waals surface area contributed by atoms with Gasteiger partial charge in [0.2, 0.25) is 0 Å². The average molecular weight is 1640 g/mol. The monoisotopic (exact) mass is 1630 g/mol. The Morgan fingerprint density at radius 1 is 0.102 bits per heavy atom. The van der Waals surface area contributed by atoms with Crippen LogP contribution in [-0.2, 0) is 0 Å². The van der Waals surface area contributed by atoms with Gasteiger partial charge in [-0.15, -0.1) is 0 Å². The molecular formula is C118H78N10. The van der Waals surface area contributed by atoms with Crippen molar-refractivity contribution in [3.63, 3.8) is 0 Å². The molecule has 0 amide bonds. The van der Waals surface area contributed by atoms with Crippen molar-refractivity contribution in [1.82, 2.24) is 49.8 Å². The Labute approximate surface area is 742 Å². The fourth-order valence-electron chi connectivity index (χ4n) is 16.3. The Balaban J connectivity index is 0.000000156. The molecule has 0 bridgehead atoms. The van der Waals surface area contributed by atoms with Crippen LogP contribution in [0.1, 0.15) is 0 Å². The van der Waals surface area contributed by atoms with E-state index in [1.54, 1.807) is 0 Å². The van der Waals surface area contributed by atoms with Gasteiger partial charge >= 0.3 is 0 Å².